The molecule has 0 aliphatic carbocycles. The maximum atomic E-state index is 12.6. The molecule has 2 unspecified atom stereocenters. The van der Waals surface area contributed by atoms with Gasteiger partial charge in [-0.05, 0) is 45.2 Å². The highest BCUT2D eigenvalue weighted by Gasteiger charge is 2.32. The minimum atomic E-state index is -0.00357. The summed E-state index contributed by atoms with van der Waals surface area (Å²) >= 11 is 0. The molecule has 4 rings (SSSR count). The van der Waals surface area contributed by atoms with Gasteiger partial charge in [0.25, 0.3) is 0 Å². The van der Waals surface area contributed by atoms with E-state index in [1.165, 1.54) is 25.9 Å². The summed E-state index contributed by atoms with van der Waals surface area (Å²) in [5, 5.41) is 7.64. The summed E-state index contributed by atoms with van der Waals surface area (Å²) in [6.45, 7) is 5.64. The summed E-state index contributed by atoms with van der Waals surface area (Å²) in [4.78, 5) is 17.1. The van der Waals surface area contributed by atoms with Gasteiger partial charge in [0.05, 0.1) is 12.3 Å². The van der Waals surface area contributed by atoms with Crippen LogP contribution in [0.25, 0.3) is 0 Å². The lowest BCUT2D eigenvalue weighted by molar-refractivity contribution is 0.0791. The van der Waals surface area contributed by atoms with Gasteiger partial charge < -0.3 is 9.64 Å². The predicted molar refractivity (Wildman–Crippen MR) is 95.8 cm³/mol. The maximum absolute atomic E-state index is 12.6. The minimum absolute atomic E-state index is 0.00357. The fourth-order valence-electron chi connectivity index (χ4n) is 4.30. The lowest BCUT2D eigenvalue weighted by Gasteiger charge is -2.23. The quantitative estimate of drug-likeness (QED) is 0.909. The van der Waals surface area contributed by atoms with Gasteiger partial charge in [-0.25, -0.2) is 4.79 Å². The van der Waals surface area contributed by atoms with Crippen molar-refractivity contribution in [3.8, 4) is 0 Å². The van der Waals surface area contributed by atoms with E-state index in [1.54, 1.807) is 4.68 Å². The van der Waals surface area contributed by atoms with Crippen molar-refractivity contribution in [2.75, 3.05) is 44.7 Å². The first-order valence-electron chi connectivity index (χ1n) is 9.62. The number of ether oxygens (including phenoxy) is 1. The van der Waals surface area contributed by atoms with E-state index in [0.29, 0.717) is 12.0 Å². The average molecular weight is 347 g/mol. The van der Waals surface area contributed by atoms with Gasteiger partial charge in [0.2, 0.25) is 0 Å². The number of nitrogens with zero attached hydrogens (tertiary/aromatic N) is 4. The molecular formula is C18H29N5O2. The standard InChI is InChI=1S/C18H29N5O2/c1-21-17(11-16(20-21)14-5-4-10-25-13-14)19-18(24)23-9-6-15(12-23)22-7-2-3-8-22/h11,14-15H,2-10,12-13H2,1H3,(H,19,24). The number of amides is 2. The normalized spacial score (nSPS) is 27.8. The first-order valence-corrected chi connectivity index (χ1v) is 9.62. The summed E-state index contributed by atoms with van der Waals surface area (Å²) in [6.07, 6.45) is 5.86. The second kappa shape index (κ2) is 7.33. The van der Waals surface area contributed by atoms with Crippen molar-refractivity contribution in [1.29, 1.82) is 0 Å². The smallest absolute Gasteiger partial charge is 0.323 e. The number of rotatable bonds is 3. The van der Waals surface area contributed by atoms with E-state index >= 15 is 0 Å². The predicted octanol–water partition coefficient (Wildman–Crippen LogP) is 2.02. The van der Waals surface area contributed by atoms with E-state index in [1.807, 2.05) is 18.0 Å². The van der Waals surface area contributed by atoms with Crippen LogP contribution >= 0.6 is 0 Å². The largest absolute Gasteiger partial charge is 0.381 e. The molecule has 3 aliphatic rings. The lowest BCUT2D eigenvalue weighted by atomic mass is 9.99. The van der Waals surface area contributed by atoms with Gasteiger partial charge in [0.15, 0.2) is 0 Å². The van der Waals surface area contributed by atoms with Crippen molar-refractivity contribution in [1.82, 2.24) is 19.6 Å². The molecule has 138 valence electrons. The van der Waals surface area contributed by atoms with E-state index in [2.05, 4.69) is 15.3 Å². The monoisotopic (exact) mass is 347 g/mol. The number of nitrogens with one attached hydrogen (secondary N) is 1. The van der Waals surface area contributed by atoms with Gasteiger partial charge in [0.1, 0.15) is 5.82 Å². The third-order valence-electron chi connectivity index (χ3n) is 5.82. The number of urea groups is 1. The number of anilines is 1. The third-order valence-corrected chi connectivity index (χ3v) is 5.82. The van der Waals surface area contributed by atoms with Crippen molar-refractivity contribution in [3.05, 3.63) is 11.8 Å². The Morgan fingerprint density at radius 2 is 2.08 bits per heavy atom. The maximum Gasteiger partial charge on any atom is 0.323 e. The zero-order chi connectivity index (χ0) is 17.2. The van der Waals surface area contributed by atoms with Crippen LogP contribution in [-0.2, 0) is 11.8 Å². The Kier molecular flexibility index (Phi) is 4.94. The van der Waals surface area contributed by atoms with Crippen molar-refractivity contribution in [2.45, 2.75) is 44.1 Å². The highest BCUT2D eigenvalue weighted by atomic mass is 16.5. The van der Waals surface area contributed by atoms with Crippen LogP contribution < -0.4 is 5.32 Å². The summed E-state index contributed by atoms with van der Waals surface area (Å²) in [5.74, 6) is 1.12. The van der Waals surface area contributed by atoms with Crippen LogP contribution in [-0.4, -0.2) is 71.0 Å². The Morgan fingerprint density at radius 3 is 2.84 bits per heavy atom. The molecule has 0 radical (unpaired) electrons. The first-order chi connectivity index (χ1) is 12.2. The number of aromatic nitrogens is 2. The van der Waals surface area contributed by atoms with Crippen LogP contribution in [0, 0.1) is 0 Å². The van der Waals surface area contributed by atoms with Gasteiger partial charge >= 0.3 is 6.03 Å². The zero-order valence-electron chi connectivity index (χ0n) is 15.1. The number of hydrogen-bond donors (Lipinski definition) is 1. The van der Waals surface area contributed by atoms with Crippen molar-refractivity contribution in [2.24, 2.45) is 7.05 Å². The highest BCUT2D eigenvalue weighted by molar-refractivity contribution is 5.88. The zero-order valence-corrected chi connectivity index (χ0v) is 15.1. The Balaban J connectivity index is 1.35. The fourth-order valence-corrected chi connectivity index (χ4v) is 4.30. The molecule has 7 nitrogen and oxygen atoms in total. The molecule has 1 N–H and O–H groups in total. The third kappa shape index (κ3) is 3.67. The van der Waals surface area contributed by atoms with E-state index in [0.717, 1.165) is 57.1 Å². The molecule has 2 amide bonds. The van der Waals surface area contributed by atoms with Gasteiger partial charge in [-0.2, -0.15) is 5.10 Å². The second-order valence-corrected chi connectivity index (χ2v) is 7.55. The topological polar surface area (TPSA) is 62.6 Å². The number of likely N-dealkylation sites (tertiary alicyclic amines) is 2. The molecule has 0 bridgehead atoms. The van der Waals surface area contributed by atoms with E-state index in [-0.39, 0.29) is 6.03 Å². The van der Waals surface area contributed by atoms with Crippen LogP contribution in [0.15, 0.2) is 6.07 Å². The number of aryl methyl sites for hydroxylation is 1. The van der Waals surface area contributed by atoms with E-state index in [4.69, 9.17) is 4.74 Å². The van der Waals surface area contributed by atoms with E-state index in [9.17, 15) is 4.79 Å². The molecule has 3 aliphatic heterocycles. The molecule has 7 heteroatoms. The number of carbonyl (C=O) groups excluding carboxylic acids is 1. The molecule has 0 aromatic carbocycles. The van der Waals surface area contributed by atoms with Crippen LogP contribution in [0.2, 0.25) is 0 Å². The molecule has 25 heavy (non-hydrogen) atoms. The summed E-state index contributed by atoms with van der Waals surface area (Å²) in [7, 11) is 1.89. The van der Waals surface area contributed by atoms with Crippen molar-refractivity contribution in [3.63, 3.8) is 0 Å². The molecule has 2 atom stereocenters. The average Bonchev–Trinajstić information content (AvgIpc) is 3.36. The number of carbonyl (C=O) groups is 1. The molecule has 4 heterocycles. The lowest BCUT2D eigenvalue weighted by Crippen LogP contribution is -2.38. The Labute approximate surface area is 149 Å². The molecule has 1 aromatic heterocycles. The van der Waals surface area contributed by atoms with Crippen LogP contribution in [0.5, 0.6) is 0 Å². The molecule has 0 spiro atoms. The molecule has 1 aromatic rings. The molecule has 0 saturated carbocycles. The summed E-state index contributed by atoms with van der Waals surface area (Å²) in [5.41, 5.74) is 1.02. The van der Waals surface area contributed by atoms with Crippen LogP contribution in [0.3, 0.4) is 0 Å². The Hall–Kier alpha value is -1.60. The molecular weight excluding hydrogens is 318 g/mol. The molecule has 3 fully saturated rings. The first kappa shape index (κ1) is 16.8. The summed E-state index contributed by atoms with van der Waals surface area (Å²) < 4.78 is 7.33. The van der Waals surface area contributed by atoms with Crippen LogP contribution in [0.4, 0.5) is 10.6 Å². The minimum Gasteiger partial charge on any atom is -0.381 e. The van der Waals surface area contributed by atoms with Crippen molar-refractivity contribution < 1.29 is 9.53 Å². The van der Waals surface area contributed by atoms with Gasteiger partial charge in [0, 0.05) is 44.8 Å². The second-order valence-electron chi connectivity index (χ2n) is 7.55. The van der Waals surface area contributed by atoms with Gasteiger partial charge in [-0.15, -0.1) is 0 Å². The highest BCUT2D eigenvalue weighted by Crippen LogP contribution is 2.27. The fraction of sp³-hybridized carbons (Fsp3) is 0.778. The molecule has 3 saturated heterocycles. The van der Waals surface area contributed by atoms with Crippen LogP contribution in [0.1, 0.15) is 43.7 Å². The van der Waals surface area contributed by atoms with Gasteiger partial charge in [-0.1, -0.05) is 0 Å². The summed E-state index contributed by atoms with van der Waals surface area (Å²) in [6, 6.07) is 2.54. The SMILES string of the molecule is Cn1nc(C2CCCOC2)cc1NC(=O)N1CCC(N2CCCC2)C1. The van der Waals surface area contributed by atoms with E-state index < -0.39 is 0 Å². The number of hydrogen-bond acceptors (Lipinski definition) is 4. The Bertz CT molecular complexity index is 605. The van der Waals surface area contributed by atoms with Gasteiger partial charge in [-0.3, -0.25) is 14.9 Å². The van der Waals surface area contributed by atoms with Crippen molar-refractivity contribution >= 4 is 11.8 Å². The Morgan fingerprint density at radius 1 is 1.24 bits per heavy atom.